The Morgan fingerprint density at radius 2 is 1.96 bits per heavy atom. The molecule has 1 aromatic heterocycles. The van der Waals surface area contributed by atoms with E-state index in [2.05, 4.69) is 32.7 Å². The summed E-state index contributed by atoms with van der Waals surface area (Å²) in [6, 6.07) is 6.88. The molecule has 0 bridgehead atoms. The zero-order valence-electron chi connectivity index (χ0n) is 16.5. The van der Waals surface area contributed by atoms with Gasteiger partial charge in [-0.05, 0) is 18.6 Å². The number of hydrogen-bond donors (Lipinski definition) is 2. The van der Waals surface area contributed by atoms with Gasteiger partial charge >= 0.3 is 0 Å². The fraction of sp³-hybridized carbons (Fsp3) is 0.526. The first-order valence-electron chi connectivity index (χ1n) is 9.11. The summed E-state index contributed by atoms with van der Waals surface area (Å²) < 4.78 is 16.1. The molecule has 0 amide bonds. The maximum atomic E-state index is 14.1. The minimum Gasteiger partial charge on any atom is -0.357 e. The first-order valence-corrected chi connectivity index (χ1v) is 9.11. The number of halogens is 2. The van der Waals surface area contributed by atoms with Gasteiger partial charge in [-0.3, -0.25) is 4.99 Å². The van der Waals surface area contributed by atoms with Gasteiger partial charge in [0.25, 0.3) is 0 Å². The molecular weight excluding hydrogens is 458 g/mol. The molecule has 0 radical (unpaired) electrons. The molecule has 0 spiro atoms. The molecule has 0 atom stereocenters. The average molecular weight is 488 g/mol. The topological polar surface area (TPSA) is 67.1 Å². The van der Waals surface area contributed by atoms with Crippen molar-refractivity contribution >= 4 is 29.9 Å². The predicted octanol–water partition coefficient (Wildman–Crippen LogP) is 3.13. The zero-order chi connectivity index (χ0) is 19.0. The van der Waals surface area contributed by atoms with Gasteiger partial charge in [0.2, 0.25) is 0 Å². The Hall–Kier alpha value is -1.71. The Morgan fingerprint density at radius 1 is 1.22 bits per heavy atom. The molecule has 0 aliphatic rings. The summed E-state index contributed by atoms with van der Waals surface area (Å²) in [7, 11) is 0. The molecule has 0 saturated carbocycles. The predicted molar refractivity (Wildman–Crippen MR) is 118 cm³/mol. The van der Waals surface area contributed by atoms with Gasteiger partial charge in [0, 0.05) is 31.5 Å². The van der Waals surface area contributed by atoms with Crippen LogP contribution in [-0.2, 0) is 18.4 Å². The fourth-order valence-corrected chi connectivity index (χ4v) is 2.75. The highest BCUT2D eigenvalue weighted by Gasteiger charge is 2.23. The Morgan fingerprint density at radius 3 is 2.63 bits per heavy atom. The molecule has 2 aromatic rings. The molecule has 2 rings (SSSR count). The second-order valence-electron chi connectivity index (χ2n) is 6.78. The van der Waals surface area contributed by atoms with Crippen LogP contribution in [0, 0.1) is 5.82 Å². The highest BCUT2D eigenvalue weighted by atomic mass is 127. The molecule has 0 aliphatic carbocycles. The Balaban J connectivity index is 0.00000364. The first kappa shape index (κ1) is 23.3. The largest absolute Gasteiger partial charge is 0.357 e. The number of hydrogen-bond acceptors (Lipinski definition) is 3. The Bertz CT molecular complexity index is 728. The van der Waals surface area contributed by atoms with Crippen LogP contribution >= 0.6 is 24.0 Å². The molecule has 0 unspecified atom stereocenters. The second kappa shape index (κ2) is 11.2. The molecule has 8 heteroatoms. The van der Waals surface area contributed by atoms with E-state index in [-0.39, 0.29) is 29.8 Å². The van der Waals surface area contributed by atoms with Crippen molar-refractivity contribution in [2.75, 3.05) is 19.6 Å². The lowest BCUT2D eigenvalue weighted by Gasteiger charge is -2.24. The first-order chi connectivity index (χ1) is 12.5. The van der Waals surface area contributed by atoms with Crippen LogP contribution in [-0.4, -0.2) is 40.4 Å². The van der Waals surface area contributed by atoms with Crippen molar-refractivity contribution in [1.29, 1.82) is 0 Å². The number of nitrogens with one attached hydrogen (secondary N) is 2. The van der Waals surface area contributed by atoms with Crippen molar-refractivity contribution < 1.29 is 4.39 Å². The van der Waals surface area contributed by atoms with Gasteiger partial charge in [-0.1, -0.05) is 39.0 Å². The molecule has 0 saturated heterocycles. The van der Waals surface area contributed by atoms with E-state index in [1.807, 2.05) is 37.5 Å². The minimum atomic E-state index is -0.392. The molecule has 0 fully saturated rings. The Labute approximate surface area is 178 Å². The summed E-state index contributed by atoms with van der Waals surface area (Å²) in [6.45, 7) is 10.8. The van der Waals surface area contributed by atoms with Crippen LogP contribution in [0.3, 0.4) is 0 Å². The lowest BCUT2D eigenvalue weighted by Crippen LogP contribution is -2.40. The van der Waals surface area contributed by atoms with Crippen molar-refractivity contribution in [3.05, 3.63) is 47.8 Å². The van der Waals surface area contributed by atoms with Crippen LogP contribution in [0.15, 0.2) is 35.6 Å². The van der Waals surface area contributed by atoms with Gasteiger partial charge in [-0.2, -0.15) is 0 Å². The number of aryl methyl sites for hydroxylation is 1. The number of rotatable bonds is 8. The third-order valence-corrected chi connectivity index (χ3v) is 4.24. The summed E-state index contributed by atoms with van der Waals surface area (Å²) in [4.78, 5) is 4.65. The van der Waals surface area contributed by atoms with E-state index < -0.39 is 5.41 Å². The van der Waals surface area contributed by atoms with Gasteiger partial charge in [0.1, 0.15) is 18.0 Å². The average Bonchev–Trinajstić information content (AvgIpc) is 3.07. The molecule has 6 nitrogen and oxygen atoms in total. The van der Waals surface area contributed by atoms with Crippen molar-refractivity contribution in [2.45, 2.75) is 46.1 Å². The van der Waals surface area contributed by atoms with E-state index in [0.717, 1.165) is 31.3 Å². The summed E-state index contributed by atoms with van der Waals surface area (Å²) in [5.74, 6) is 1.50. The molecule has 150 valence electrons. The van der Waals surface area contributed by atoms with Crippen LogP contribution in [0.2, 0.25) is 0 Å². The quantitative estimate of drug-likeness (QED) is 0.341. The maximum Gasteiger partial charge on any atom is 0.191 e. The van der Waals surface area contributed by atoms with Gasteiger partial charge < -0.3 is 15.2 Å². The number of aliphatic imine (C=N–C) groups is 1. The molecule has 1 aromatic carbocycles. The summed E-state index contributed by atoms with van der Waals surface area (Å²) in [5.41, 5.74) is 0.286. The van der Waals surface area contributed by atoms with Crippen LogP contribution in [0.5, 0.6) is 0 Å². The number of guanidine groups is 1. The van der Waals surface area contributed by atoms with Gasteiger partial charge in [-0.25, -0.2) is 4.39 Å². The highest BCUT2D eigenvalue weighted by Crippen LogP contribution is 2.25. The monoisotopic (exact) mass is 488 g/mol. The number of aromatic nitrogens is 3. The number of nitrogens with zero attached hydrogens (tertiary/aromatic N) is 4. The fourth-order valence-electron chi connectivity index (χ4n) is 2.75. The molecule has 2 N–H and O–H groups in total. The molecule has 0 aliphatic heterocycles. The van der Waals surface area contributed by atoms with Crippen LogP contribution in [0.4, 0.5) is 4.39 Å². The van der Waals surface area contributed by atoms with Gasteiger partial charge in [-0.15, -0.1) is 34.2 Å². The third kappa shape index (κ3) is 6.75. The van der Waals surface area contributed by atoms with Crippen LogP contribution < -0.4 is 10.6 Å². The van der Waals surface area contributed by atoms with Crippen molar-refractivity contribution in [1.82, 2.24) is 25.4 Å². The SMILES string of the molecule is CCNC(=NCC(C)(C)c1ccccc1F)NCCn1cnnc1CC.I. The lowest BCUT2D eigenvalue weighted by atomic mass is 9.84. The maximum absolute atomic E-state index is 14.1. The van der Waals surface area contributed by atoms with E-state index in [9.17, 15) is 4.39 Å². The smallest absolute Gasteiger partial charge is 0.191 e. The summed E-state index contributed by atoms with van der Waals surface area (Å²) in [6.07, 6.45) is 2.59. The van der Waals surface area contributed by atoms with E-state index in [0.29, 0.717) is 18.7 Å². The summed E-state index contributed by atoms with van der Waals surface area (Å²) in [5, 5.41) is 14.6. The van der Waals surface area contributed by atoms with Crippen LogP contribution in [0.25, 0.3) is 0 Å². The van der Waals surface area contributed by atoms with Crippen molar-refractivity contribution in [2.24, 2.45) is 4.99 Å². The summed E-state index contributed by atoms with van der Waals surface area (Å²) >= 11 is 0. The lowest BCUT2D eigenvalue weighted by molar-refractivity contribution is 0.492. The Kier molecular flexibility index (Phi) is 9.68. The van der Waals surface area contributed by atoms with E-state index >= 15 is 0 Å². The molecule has 27 heavy (non-hydrogen) atoms. The van der Waals surface area contributed by atoms with Crippen molar-refractivity contribution in [3.63, 3.8) is 0 Å². The number of benzene rings is 1. The minimum absolute atomic E-state index is 0. The molecular formula is C19H30FIN6. The third-order valence-electron chi connectivity index (χ3n) is 4.24. The van der Waals surface area contributed by atoms with E-state index in [1.54, 1.807) is 12.4 Å². The second-order valence-corrected chi connectivity index (χ2v) is 6.78. The van der Waals surface area contributed by atoms with Gasteiger partial charge in [0.05, 0.1) is 6.54 Å². The van der Waals surface area contributed by atoms with E-state index in [4.69, 9.17) is 0 Å². The van der Waals surface area contributed by atoms with Gasteiger partial charge in [0.15, 0.2) is 5.96 Å². The van der Waals surface area contributed by atoms with Crippen molar-refractivity contribution in [3.8, 4) is 0 Å². The van der Waals surface area contributed by atoms with Crippen LogP contribution in [0.1, 0.15) is 39.1 Å². The zero-order valence-corrected chi connectivity index (χ0v) is 18.8. The molecule has 1 heterocycles. The van der Waals surface area contributed by atoms with E-state index in [1.165, 1.54) is 6.07 Å². The normalized spacial score (nSPS) is 11.8. The standard InChI is InChI=1S/C19H29FN6.HI/c1-5-17-25-24-14-26(17)12-11-22-18(21-6-2)23-13-19(3,4)15-9-7-8-10-16(15)20;/h7-10,14H,5-6,11-13H2,1-4H3,(H2,21,22,23);1H. The highest BCUT2D eigenvalue weighted by molar-refractivity contribution is 14.0.